The van der Waals surface area contributed by atoms with Crippen LogP contribution >= 0.6 is 11.8 Å². The quantitative estimate of drug-likeness (QED) is 0.812. The van der Waals surface area contributed by atoms with E-state index < -0.39 is 5.92 Å². The van der Waals surface area contributed by atoms with Crippen LogP contribution in [0.1, 0.15) is 50.0 Å². The number of nitriles is 1. The molecule has 1 aliphatic heterocycles. The van der Waals surface area contributed by atoms with Crippen LogP contribution in [0.2, 0.25) is 0 Å². The number of halogens is 1. The Bertz CT molecular complexity index is 779. The second-order valence-corrected chi connectivity index (χ2v) is 7.89. The zero-order chi connectivity index (χ0) is 19.2. The van der Waals surface area contributed by atoms with Crippen LogP contribution in [0.5, 0.6) is 0 Å². The van der Waals surface area contributed by atoms with Gasteiger partial charge in [0.15, 0.2) is 0 Å². The topological polar surface area (TPSA) is 82.0 Å². The third-order valence-electron chi connectivity index (χ3n) is 4.95. The first-order chi connectivity index (χ1) is 13.1. The third-order valence-corrected chi connectivity index (χ3v) is 5.96. The molecule has 1 aliphatic carbocycles. The van der Waals surface area contributed by atoms with Crippen molar-refractivity contribution in [1.29, 1.82) is 5.26 Å². The molecule has 0 spiro atoms. The second-order valence-electron chi connectivity index (χ2n) is 6.90. The van der Waals surface area contributed by atoms with Gasteiger partial charge in [-0.15, -0.1) is 0 Å². The molecule has 0 aromatic heterocycles. The summed E-state index contributed by atoms with van der Waals surface area (Å²) in [4.78, 5) is 24.3. The average Bonchev–Trinajstić information content (AvgIpc) is 2.67. The molecule has 27 heavy (non-hydrogen) atoms. The zero-order valence-corrected chi connectivity index (χ0v) is 15.8. The predicted octanol–water partition coefficient (Wildman–Crippen LogP) is 3.35. The fraction of sp³-hybridized carbons (Fsp3) is 0.450. The number of carbonyl (C=O) groups is 2. The van der Waals surface area contributed by atoms with Gasteiger partial charge in [0.25, 0.3) is 0 Å². The van der Waals surface area contributed by atoms with Crippen molar-refractivity contribution in [2.75, 3.05) is 5.75 Å². The van der Waals surface area contributed by atoms with E-state index in [-0.39, 0.29) is 35.8 Å². The van der Waals surface area contributed by atoms with E-state index >= 15 is 0 Å². The monoisotopic (exact) mass is 387 g/mol. The summed E-state index contributed by atoms with van der Waals surface area (Å²) in [5, 5.41) is 15.8. The van der Waals surface area contributed by atoms with E-state index in [1.807, 2.05) is 0 Å². The van der Waals surface area contributed by atoms with Gasteiger partial charge in [-0.25, -0.2) is 4.39 Å². The summed E-state index contributed by atoms with van der Waals surface area (Å²) in [6.45, 7) is 0. The Hall–Kier alpha value is -2.33. The second kappa shape index (κ2) is 9.05. The SMILES string of the molecule is N#CC1=C(SCC(=O)NC2CCCCC2)NC(=O)C[C@H]1c1ccc(F)cc1. The number of hydrogen-bond donors (Lipinski definition) is 2. The maximum atomic E-state index is 13.2. The van der Waals surface area contributed by atoms with Crippen molar-refractivity contribution in [1.82, 2.24) is 10.6 Å². The average molecular weight is 387 g/mol. The van der Waals surface area contributed by atoms with Gasteiger partial charge < -0.3 is 10.6 Å². The molecule has 7 heteroatoms. The highest BCUT2D eigenvalue weighted by Gasteiger charge is 2.30. The lowest BCUT2D eigenvalue weighted by atomic mass is 9.87. The number of rotatable bonds is 5. The van der Waals surface area contributed by atoms with E-state index in [1.54, 1.807) is 12.1 Å². The number of amides is 2. The number of carbonyl (C=O) groups excluding carboxylic acids is 2. The molecule has 0 unspecified atom stereocenters. The van der Waals surface area contributed by atoms with Crippen LogP contribution in [0.4, 0.5) is 4.39 Å². The lowest BCUT2D eigenvalue weighted by molar-refractivity contribution is -0.121. The molecule has 0 saturated heterocycles. The van der Waals surface area contributed by atoms with Gasteiger partial charge in [0.05, 0.1) is 22.4 Å². The van der Waals surface area contributed by atoms with Crippen LogP contribution < -0.4 is 10.6 Å². The lowest BCUT2D eigenvalue weighted by Crippen LogP contribution is -2.38. The number of nitrogens with one attached hydrogen (secondary N) is 2. The highest BCUT2D eigenvalue weighted by molar-refractivity contribution is 8.03. The van der Waals surface area contributed by atoms with Crippen LogP contribution in [-0.2, 0) is 9.59 Å². The minimum Gasteiger partial charge on any atom is -0.353 e. The van der Waals surface area contributed by atoms with E-state index in [4.69, 9.17) is 0 Å². The van der Waals surface area contributed by atoms with Crippen molar-refractivity contribution >= 4 is 23.6 Å². The first-order valence-electron chi connectivity index (χ1n) is 9.18. The Morgan fingerprint density at radius 3 is 2.63 bits per heavy atom. The molecule has 0 radical (unpaired) electrons. The molecule has 5 nitrogen and oxygen atoms in total. The molecule has 1 aromatic carbocycles. The number of nitrogens with zero attached hydrogens (tertiary/aromatic N) is 1. The first-order valence-corrected chi connectivity index (χ1v) is 10.2. The van der Waals surface area contributed by atoms with Crippen molar-refractivity contribution in [2.24, 2.45) is 0 Å². The maximum absolute atomic E-state index is 13.2. The van der Waals surface area contributed by atoms with E-state index in [0.29, 0.717) is 16.2 Å². The minimum atomic E-state index is -0.423. The van der Waals surface area contributed by atoms with E-state index in [0.717, 1.165) is 25.7 Å². The molecule has 3 rings (SSSR count). The fourth-order valence-electron chi connectivity index (χ4n) is 3.57. The van der Waals surface area contributed by atoms with Crippen molar-refractivity contribution in [3.8, 4) is 6.07 Å². The normalized spacial score (nSPS) is 20.7. The molecular weight excluding hydrogens is 365 g/mol. The van der Waals surface area contributed by atoms with Crippen molar-refractivity contribution in [2.45, 2.75) is 50.5 Å². The number of hydrogen-bond acceptors (Lipinski definition) is 4. The Morgan fingerprint density at radius 1 is 1.26 bits per heavy atom. The Balaban J connectivity index is 1.69. The van der Waals surface area contributed by atoms with Crippen LogP contribution in [0, 0.1) is 17.1 Å². The van der Waals surface area contributed by atoms with Crippen LogP contribution in [0.3, 0.4) is 0 Å². The molecule has 1 aromatic rings. The molecule has 2 aliphatic rings. The standard InChI is InChI=1S/C20H22FN3O2S/c21-14-8-6-13(7-9-14)16-10-18(25)24-20(17(16)11-22)27-12-19(26)23-15-4-2-1-3-5-15/h6-9,15-16H,1-5,10,12H2,(H,23,26)(H,24,25)/t16-/m0/s1. The molecule has 2 N–H and O–H groups in total. The highest BCUT2D eigenvalue weighted by atomic mass is 32.2. The van der Waals surface area contributed by atoms with Gasteiger partial charge in [-0.2, -0.15) is 5.26 Å². The van der Waals surface area contributed by atoms with Crippen molar-refractivity contribution in [3.63, 3.8) is 0 Å². The molecule has 142 valence electrons. The molecule has 0 bridgehead atoms. The molecular formula is C20H22FN3O2S. The van der Waals surface area contributed by atoms with Gasteiger partial charge in [-0.1, -0.05) is 43.2 Å². The third kappa shape index (κ3) is 5.10. The first kappa shape index (κ1) is 19.4. The summed E-state index contributed by atoms with van der Waals surface area (Å²) in [6.07, 6.45) is 5.63. The summed E-state index contributed by atoms with van der Waals surface area (Å²) in [5.41, 5.74) is 1.13. The number of allylic oxidation sites excluding steroid dienone is 1. The molecule has 1 atom stereocenters. The zero-order valence-electron chi connectivity index (χ0n) is 15.0. The summed E-state index contributed by atoms with van der Waals surface area (Å²) in [7, 11) is 0. The summed E-state index contributed by atoms with van der Waals surface area (Å²) >= 11 is 1.17. The van der Waals surface area contributed by atoms with Crippen LogP contribution in [-0.4, -0.2) is 23.6 Å². The van der Waals surface area contributed by atoms with Gasteiger partial charge in [0.2, 0.25) is 11.8 Å². The minimum absolute atomic E-state index is 0.0881. The van der Waals surface area contributed by atoms with Crippen LogP contribution in [0.15, 0.2) is 34.9 Å². The van der Waals surface area contributed by atoms with Gasteiger partial charge in [0, 0.05) is 18.4 Å². The number of benzene rings is 1. The molecule has 1 saturated carbocycles. The smallest absolute Gasteiger partial charge is 0.230 e. The Kier molecular flexibility index (Phi) is 6.51. The largest absolute Gasteiger partial charge is 0.353 e. The Labute approximate surface area is 162 Å². The number of thioether (sulfide) groups is 1. The fourth-order valence-corrected chi connectivity index (χ4v) is 4.45. The molecule has 1 heterocycles. The van der Waals surface area contributed by atoms with E-state index in [1.165, 1.54) is 30.3 Å². The predicted molar refractivity (Wildman–Crippen MR) is 102 cm³/mol. The van der Waals surface area contributed by atoms with Gasteiger partial charge in [0.1, 0.15) is 5.82 Å². The van der Waals surface area contributed by atoms with Crippen molar-refractivity contribution < 1.29 is 14.0 Å². The Morgan fingerprint density at radius 2 is 1.96 bits per heavy atom. The van der Waals surface area contributed by atoms with Crippen molar-refractivity contribution in [3.05, 3.63) is 46.2 Å². The lowest BCUT2D eigenvalue weighted by Gasteiger charge is -2.25. The maximum Gasteiger partial charge on any atom is 0.230 e. The molecule has 1 fully saturated rings. The highest BCUT2D eigenvalue weighted by Crippen LogP contribution is 2.35. The van der Waals surface area contributed by atoms with Gasteiger partial charge in [-0.05, 0) is 30.5 Å². The summed E-state index contributed by atoms with van der Waals surface area (Å²) in [6, 6.07) is 8.21. The molecule has 2 amide bonds. The van der Waals surface area contributed by atoms with Gasteiger partial charge in [-0.3, -0.25) is 9.59 Å². The van der Waals surface area contributed by atoms with Crippen LogP contribution in [0.25, 0.3) is 0 Å². The van der Waals surface area contributed by atoms with E-state index in [2.05, 4.69) is 16.7 Å². The van der Waals surface area contributed by atoms with E-state index in [9.17, 15) is 19.2 Å². The summed E-state index contributed by atoms with van der Waals surface area (Å²) < 4.78 is 13.2. The summed E-state index contributed by atoms with van der Waals surface area (Å²) in [5.74, 6) is -0.940. The van der Waals surface area contributed by atoms with Gasteiger partial charge >= 0.3 is 0 Å².